The summed E-state index contributed by atoms with van der Waals surface area (Å²) in [5.41, 5.74) is 0. The third kappa shape index (κ3) is 2.52. The highest BCUT2D eigenvalue weighted by Gasteiger charge is 2.32. The van der Waals surface area contributed by atoms with Gasteiger partial charge in [0.2, 0.25) is 10.8 Å². The Bertz CT molecular complexity index is 801. The van der Waals surface area contributed by atoms with E-state index in [4.69, 9.17) is 4.42 Å². The molecule has 0 aromatic carbocycles. The van der Waals surface area contributed by atoms with Crippen LogP contribution >= 0.6 is 11.3 Å². The second kappa shape index (κ2) is 5.63. The molecule has 3 aromatic rings. The maximum absolute atomic E-state index is 10.6. The fraction of sp³-hybridized carbons (Fsp3) is 0.467. The molecular weight excluding hydrogens is 314 g/mol. The van der Waals surface area contributed by atoms with E-state index in [1.54, 1.807) is 6.26 Å². The molecule has 0 aliphatic carbocycles. The number of likely N-dealkylation sites (N-methyl/N-ethyl adjacent to an activating group) is 1. The highest BCUT2D eigenvalue weighted by atomic mass is 32.1. The van der Waals surface area contributed by atoms with Crippen LogP contribution in [-0.2, 0) is 0 Å². The number of piperazine rings is 1. The first-order valence-corrected chi connectivity index (χ1v) is 8.46. The second-order valence-corrected chi connectivity index (χ2v) is 6.91. The van der Waals surface area contributed by atoms with Crippen LogP contribution in [0.5, 0.6) is 5.88 Å². The summed E-state index contributed by atoms with van der Waals surface area (Å²) >= 11 is 1.47. The fourth-order valence-corrected chi connectivity index (χ4v) is 4.17. The van der Waals surface area contributed by atoms with Crippen LogP contribution in [0, 0.1) is 6.92 Å². The Hall–Kier alpha value is -1.90. The molecule has 0 saturated carbocycles. The molecule has 0 spiro atoms. The zero-order valence-corrected chi connectivity index (χ0v) is 14.0. The van der Waals surface area contributed by atoms with Gasteiger partial charge in [-0.1, -0.05) is 11.3 Å². The van der Waals surface area contributed by atoms with E-state index in [9.17, 15) is 5.11 Å². The monoisotopic (exact) mass is 333 g/mol. The summed E-state index contributed by atoms with van der Waals surface area (Å²) in [4.78, 5) is 10.6. The van der Waals surface area contributed by atoms with Gasteiger partial charge in [0.15, 0.2) is 0 Å². The summed E-state index contributed by atoms with van der Waals surface area (Å²) in [7, 11) is 2.13. The Labute approximate surface area is 137 Å². The normalized spacial score (nSPS) is 18.7. The SMILES string of the molecule is Cc1nc2sc(C(c3ccco3)N3CCN(C)CC3)c(O)n2n1. The average molecular weight is 333 g/mol. The Morgan fingerprint density at radius 1 is 1.30 bits per heavy atom. The van der Waals surface area contributed by atoms with E-state index >= 15 is 0 Å². The Kier molecular flexibility index (Phi) is 3.59. The van der Waals surface area contributed by atoms with E-state index in [2.05, 4.69) is 26.9 Å². The van der Waals surface area contributed by atoms with Crippen molar-refractivity contribution in [1.29, 1.82) is 0 Å². The molecule has 1 fully saturated rings. The van der Waals surface area contributed by atoms with Crippen LogP contribution in [0.25, 0.3) is 4.96 Å². The summed E-state index contributed by atoms with van der Waals surface area (Å²) < 4.78 is 7.19. The molecule has 8 heteroatoms. The predicted octanol–water partition coefficient (Wildman–Crippen LogP) is 1.73. The van der Waals surface area contributed by atoms with Crippen LogP contribution < -0.4 is 0 Å². The van der Waals surface area contributed by atoms with E-state index < -0.39 is 0 Å². The van der Waals surface area contributed by atoms with Crippen molar-refractivity contribution < 1.29 is 9.52 Å². The standard InChI is InChI=1S/C15H19N5O2S/c1-10-16-15-20(17-10)14(21)13(23-15)12(11-4-3-9-22-11)19-7-5-18(2)6-8-19/h3-4,9,12,21H,5-8H2,1-2H3. The lowest BCUT2D eigenvalue weighted by Gasteiger charge is -2.36. The smallest absolute Gasteiger partial charge is 0.230 e. The van der Waals surface area contributed by atoms with Crippen molar-refractivity contribution in [3.8, 4) is 5.88 Å². The van der Waals surface area contributed by atoms with Crippen LogP contribution in [0.2, 0.25) is 0 Å². The number of hydrogen-bond donors (Lipinski definition) is 1. The molecule has 23 heavy (non-hydrogen) atoms. The number of furan rings is 1. The van der Waals surface area contributed by atoms with E-state index in [1.807, 2.05) is 19.1 Å². The molecule has 122 valence electrons. The van der Waals surface area contributed by atoms with Crippen LogP contribution in [-0.4, -0.2) is 62.7 Å². The van der Waals surface area contributed by atoms with Gasteiger partial charge in [0.05, 0.1) is 11.1 Å². The quantitative estimate of drug-likeness (QED) is 0.787. The van der Waals surface area contributed by atoms with Crippen molar-refractivity contribution in [2.24, 2.45) is 0 Å². The maximum Gasteiger partial charge on any atom is 0.230 e. The Morgan fingerprint density at radius 3 is 2.74 bits per heavy atom. The number of nitrogens with zero attached hydrogens (tertiary/aromatic N) is 5. The molecule has 0 amide bonds. The lowest BCUT2D eigenvalue weighted by atomic mass is 10.1. The van der Waals surface area contributed by atoms with Crippen LogP contribution in [0.15, 0.2) is 22.8 Å². The van der Waals surface area contributed by atoms with E-state index in [0.717, 1.165) is 36.8 Å². The van der Waals surface area contributed by atoms with Gasteiger partial charge < -0.3 is 14.4 Å². The summed E-state index contributed by atoms with van der Waals surface area (Å²) in [6.45, 7) is 5.67. The Morgan fingerprint density at radius 2 is 2.09 bits per heavy atom. The van der Waals surface area contributed by atoms with Gasteiger partial charge in [0.1, 0.15) is 17.6 Å². The number of aromatic nitrogens is 3. The van der Waals surface area contributed by atoms with Gasteiger partial charge in [0.25, 0.3) is 0 Å². The molecule has 0 bridgehead atoms. The second-order valence-electron chi connectivity index (χ2n) is 5.90. The van der Waals surface area contributed by atoms with Gasteiger partial charge in [-0.3, -0.25) is 4.90 Å². The van der Waals surface area contributed by atoms with Crippen molar-refractivity contribution in [3.05, 3.63) is 34.9 Å². The molecule has 1 aliphatic rings. The number of aryl methyl sites for hydroxylation is 1. The molecule has 1 N–H and O–H groups in total. The minimum atomic E-state index is -0.104. The topological polar surface area (TPSA) is 70.0 Å². The first-order chi connectivity index (χ1) is 11.1. The highest BCUT2D eigenvalue weighted by Crippen LogP contribution is 2.40. The molecule has 4 rings (SSSR count). The molecule has 7 nitrogen and oxygen atoms in total. The minimum absolute atomic E-state index is 0.104. The summed E-state index contributed by atoms with van der Waals surface area (Å²) in [6.07, 6.45) is 1.68. The van der Waals surface area contributed by atoms with Crippen molar-refractivity contribution in [2.45, 2.75) is 13.0 Å². The molecule has 1 atom stereocenters. The number of hydrogen-bond acceptors (Lipinski definition) is 7. The largest absolute Gasteiger partial charge is 0.492 e. The number of fused-ring (bicyclic) bond motifs is 1. The van der Waals surface area contributed by atoms with E-state index in [0.29, 0.717) is 10.8 Å². The zero-order chi connectivity index (χ0) is 16.0. The van der Waals surface area contributed by atoms with Gasteiger partial charge >= 0.3 is 0 Å². The van der Waals surface area contributed by atoms with Gasteiger partial charge in [0, 0.05) is 26.2 Å². The van der Waals surface area contributed by atoms with Gasteiger partial charge in [-0.05, 0) is 26.1 Å². The van der Waals surface area contributed by atoms with Crippen LogP contribution in [0.4, 0.5) is 0 Å². The van der Waals surface area contributed by atoms with Gasteiger partial charge in [-0.15, -0.1) is 5.10 Å². The van der Waals surface area contributed by atoms with E-state index in [1.165, 1.54) is 15.9 Å². The average Bonchev–Trinajstić information content (AvgIpc) is 3.22. The molecular formula is C15H19N5O2S. The van der Waals surface area contributed by atoms with E-state index in [-0.39, 0.29) is 11.9 Å². The maximum atomic E-state index is 10.6. The molecule has 0 radical (unpaired) electrons. The lowest BCUT2D eigenvalue weighted by molar-refractivity contribution is 0.117. The third-order valence-corrected chi connectivity index (χ3v) is 5.34. The molecule has 1 aliphatic heterocycles. The number of rotatable bonds is 3. The highest BCUT2D eigenvalue weighted by molar-refractivity contribution is 7.17. The van der Waals surface area contributed by atoms with Crippen LogP contribution in [0.1, 0.15) is 22.5 Å². The first kappa shape index (κ1) is 14.7. The van der Waals surface area contributed by atoms with Crippen molar-refractivity contribution in [1.82, 2.24) is 24.4 Å². The van der Waals surface area contributed by atoms with Gasteiger partial charge in [-0.25, -0.2) is 4.98 Å². The third-order valence-electron chi connectivity index (χ3n) is 4.27. The fourth-order valence-electron chi connectivity index (χ4n) is 3.03. The number of thiazole rings is 1. The summed E-state index contributed by atoms with van der Waals surface area (Å²) in [6, 6.07) is 3.74. The zero-order valence-electron chi connectivity index (χ0n) is 13.1. The van der Waals surface area contributed by atoms with Gasteiger partial charge in [-0.2, -0.15) is 4.52 Å². The first-order valence-electron chi connectivity index (χ1n) is 7.64. The lowest BCUT2D eigenvalue weighted by Crippen LogP contribution is -2.46. The predicted molar refractivity (Wildman–Crippen MR) is 86.9 cm³/mol. The van der Waals surface area contributed by atoms with Crippen molar-refractivity contribution >= 4 is 16.3 Å². The molecule has 3 aromatic heterocycles. The molecule has 4 heterocycles. The van der Waals surface area contributed by atoms with Crippen molar-refractivity contribution in [3.63, 3.8) is 0 Å². The minimum Gasteiger partial charge on any atom is -0.492 e. The van der Waals surface area contributed by atoms with Crippen molar-refractivity contribution in [2.75, 3.05) is 33.2 Å². The molecule has 1 saturated heterocycles. The number of aromatic hydroxyl groups is 1. The van der Waals surface area contributed by atoms with Crippen LogP contribution in [0.3, 0.4) is 0 Å². The summed E-state index contributed by atoms with van der Waals surface area (Å²) in [5.74, 6) is 1.66. The molecule has 1 unspecified atom stereocenters. The Balaban J connectivity index is 1.77. The summed E-state index contributed by atoms with van der Waals surface area (Å²) in [5, 5.41) is 14.9.